The number of carboxylic acids is 1. The molecule has 3 N–H and O–H groups in total. The lowest BCUT2D eigenvalue weighted by Crippen LogP contribution is -2.56. The molecule has 2 aliphatic heterocycles. The van der Waals surface area contributed by atoms with Crippen molar-refractivity contribution < 1.29 is 29.3 Å². The third-order valence-electron chi connectivity index (χ3n) is 6.63. The zero-order valence-corrected chi connectivity index (χ0v) is 18.8. The summed E-state index contributed by atoms with van der Waals surface area (Å²) in [7, 11) is 1.41. The number of carboxylic acid groups (broad SMARTS) is 1. The molecule has 2 heterocycles. The number of likely N-dealkylation sites (tertiary alicyclic amines) is 1. The van der Waals surface area contributed by atoms with Crippen LogP contribution in [0.25, 0.3) is 0 Å². The smallest absolute Gasteiger partial charge is 0.324 e. The van der Waals surface area contributed by atoms with Gasteiger partial charge in [0.15, 0.2) is 11.5 Å². The van der Waals surface area contributed by atoms with Crippen LogP contribution >= 0.6 is 0 Å². The summed E-state index contributed by atoms with van der Waals surface area (Å²) in [4.78, 5) is 41.0. The van der Waals surface area contributed by atoms with Gasteiger partial charge in [-0.25, -0.2) is 0 Å². The minimum Gasteiger partial charge on any atom is -0.504 e. The number of aromatic hydroxyl groups is 1. The van der Waals surface area contributed by atoms with Gasteiger partial charge in [0.25, 0.3) is 0 Å². The third-order valence-corrected chi connectivity index (χ3v) is 6.63. The molecule has 0 aliphatic carbocycles. The molecule has 2 aromatic carbocycles. The Hall–Kier alpha value is -3.39. The number of aliphatic carboxylic acids is 1. The number of rotatable bonds is 7. The predicted octanol–water partition coefficient (Wildman–Crippen LogP) is 2.72. The monoisotopic (exact) mass is 452 g/mol. The molecule has 8 nitrogen and oxygen atoms in total. The van der Waals surface area contributed by atoms with E-state index in [2.05, 4.69) is 5.32 Å². The molecule has 2 aromatic rings. The van der Waals surface area contributed by atoms with Gasteiger partial charge in [-0.15, -0.1) is 0 Å². The molecule has 33 heavy (non-hydrogen) atoms. The van der Waals surface area contributed by atoms with Gasteiger partial charge in [0.05, 0.1) is 25.5 Å². The average molecular weight is 453 g/mol. The molecule has 8 heteroatoms. The molecule has 4 rings (SSSR count). The number of phenolic OH excluding ortho intramolecular Hbond substituents is 1. The number of benzene rings is 2. The van der Waals surface area contributed by atoms with Crippen LogP contribution in [-0.2, 0) is 20.9 Å². The van der Waals surface area contributed by atoms with Crippen molar-refractivity contribution in [2.75, 3.05) is 7.11 Å². The van der Waals surface area contributed by atoms with Gasteiger partial charge in [0.2, 0.25) is 11.8 Å². The molecule has 2 fully saturated rings. The van der Waals surface area contributed by atoms with Gasteiger partial charge in [-0.1, -0.05) is 56.3 Å². The van der Waals surface area contributed by atoms with Gasteiger partial charge in [0, 0.05) is 11.6 Å². The molecule has 174 valence electrons. The Labute approximate surface area is 192 Å². The molecule has 0 bridgehead atoms. The molecule has 0 unspecified atom stereocenters. The number of imide groups is 1. The van der Waals surface area contributed by atoms with Crippen LogP contribution in [0.3, 0.4) is 0 Å². The van der Waals surface area contributed by atoms with Gasteiger partial charge in [-0.3, -0.25) is 24.6 Å². The average Bonchev–Trinajstić information content (AvgIpc) is 3.24. The number of nitrogens with one attached hydrogen (secondary N) is 1. The second kappa shape index (κ2) is 8.51. The van der Waals surface area contributed by atoms with Gasteiger partial charge < -0.3 is 14.9 Å². The number of phenols is 1. The summed E-state index contributed by atoms with van der Waals surface area (Å²) in [6.45, 7) is 3.82. The van der Waals surface area contributed by atoms with E-state index in [0.29, 0.717) is 5.56 Å². The van der Waals surface area contributed by atoms with Crippen LogP contribution in [0.1, 0.15) is 37.4 Å². The number of hydrogen-bond acceptors (Lipinski definition) is 6. The van der Waals surface area contributed by atoms with E-state index in [-0.39, 0.29) is 30.4 Å². The van der Waals surface area contributed by atoms with E-state index in [9.17, 15) is 24.6 Å². The van der Waals surface area contributed by atoms with E-state index in [4.69, 9.17) is 4.74 Å². The summed E-state index contributed by atoms with van der Waals surface area (Å²) in [6, 6.07) is 13.1. The van der Waals surface area contributed by atoms with Crippen LogP contribution in [-0.4, -0.2) is 45.5 Å². The highest BCUT2D eigenvalue weighted by molar-refractivity contribution is 6.09. The lowest BCUT2D eigenvalue weighted by molar-refractivity contribution is -0.152. The first-order valence-corrected chi connectivity index (χ1v) is 11.0. The number of amides is 2. The maximum absolute atomic E-state index is 13.6. The number of nitrogens with zero attached hydrogens (tertiary/aromatic N) is 1. The molecule has 2 amide bonds. The fraction of sp³-hybridized carbons (Fsp3) is 0.400. The number of para-hydroxylation sites is 1. The lowest BCUT2D eigenvalue weighted by atomic mass is 9.75. The van der Waals surface area contributed by atoms with Crippen LogP contribution in [0, 0.1) is 17.8 Å². The Morgan fingerprint density at radius 3 is 2.42 bits per heavy atom. The Balaban J connectivity index is 1.83. The van der Waals surface area contributed by atoms with E-state index in [0.717, 1.165) is 10.5 Å². The van der Waals surface area contributed by atoms with Crippen LogP contribution < -0.4 is 10.1 Å². The molecule has 0 aromatic heterocycles. The minimum atomic E-state index is -1.64. The number of methoxy groups -OCH3 is 1. The van der Waals surface area contributed by atoms with Crippen molar-refractivity contribution in [3.63, 3.8) is 0 Å². The number of fused-ring (bicyclic) bond motifs is 1. The van der Waals surface area contributed by atoms with E-state index < -0.39 is 41.2 Å². The topological polar surface area (TPSA) is 116 Å². The fourth-order valence-corrected chi connectivity index (χ4v) is 5.32. The van der Waals surface area contributed by atoms with Crippen molar-refractivity contribution in [2.24, 2.45) is 17.8 Å². The second-order valence-corrected chi connectivity index (χ2v) is 9.15. The van der Waals surface area contributed by atoms with Gasteiger partial charge in [-0.2, -0.15) is 0 Å². The Morgan fingerprint density at radius 1 is 1.12 bits per heavy atom. The zero-order valence-electron chi connectivity index (χ0n) is 18.8. The molecular formula is C25H28N2O6. The van der Waals surface area contributed by atoms with Crippen LogP contribution in [0.2, 0.25) is 0 Å². The van der Waals surface area contributed by atoms with E-state index in [1.165, 1.54) is 7.11 Å². The lowest BCUT2D eigenvalue weighted by Gasteiger charge is -2.32. The quantitative estimate of drug-likeness (QED) is 0.553. The molecule has 0 saturated carbocycles. The summed E-state index contributed by atoms with van der Waals surface area (Å²) in [5, 5.41) is 24.2. The summed E-state index contributed by atoms with van der Waals surface area (Å²) >= 11 is 0. The van der Waals surface area contributed by atoms with Crippen LogP contribution in [0.4, 0.5) is 0 Å². The van der Waals surface area contributed by atoms with E-state index in [1.54, 1.807) is 18.2 Å². The number of carbonyl (C=O) groups is 3. The highest BCUT2D eigenvalue weighted by Gasteiger charge is 2.68. The molecule has 4 atom stereocenters. The Morgan fingerprint density at radius 2 is 1.82 bits per heavy atom. The number of carbonyl (C=O) groups excluding carboxylic acids is 2. The first-order valence-electron chi connectivity index (χ1n) is 11.0. The Kier molecular flexibility index (Phi) is 5.88. The van der Waals surface area contributed by atoms with Gasteiger partial charge in [0.1, 0.15) is 5.54 Å². The Bertz CT molecular complexity index is 1090. The first kappa shape index (κ1) is 22.8. The minimum absolute atomic E-state index is 0.0574. The normalized spacial score (nSPS) is 26.7. The molecule has 2 aliphatic rings. The third kappa shape index (κ3) is 3.64. The molecular weight excluding hydrogens is 424 g/mol. The zero-order chi connectivity index (χ0) is 23.9. The summed E-state index contributed by atoms with van der Waals surface area (Å²) < 4.78 is 5.21. The maximum atomic E-state index is 13.6. The van der Waals surface area contributed by atoms with E-state index in [1.807, 2.05) is 44.2 Å². The predicted molar refractivity (Wildman–Crippen MR) is 119 cm³/mol. The first-order chi connectivity index (χ1) is 15.7. The molecule has 0 spiro atoms. The SMILES string of the molecule is COc1cccc([C@@H]2N[C@](CC(C)C)(C(=O)O)[C@@H]3C(=O)N(Cc4ccccc4)C(=O)[C@H]32)c1O. The van der Waals surface area contributed by atoms with Crippen molar-refractivity contribution in [1.82, 2.24) is 10.2 Å². The maximum Gasteiger partial charge on any atom is 0.324 e. The largest absolute Gasteiger partial charge is 0.504 e. The summed E-state index contributed by atoms with van der Waals surface area (Å²) in [6.07, 6.45) is 0.156. The van der Waals surface area contributed by atoms with Crippen molar-refractivity contribution in [3.8, 4) is 11.5 Å². The van der Waals surface area contributed by atoms with Crippen molar-refractivity contribution >= 4 is 17.8 Å². The van der Waals surface area contributed by atoms with Gasteiger partial charge >= 0.3 is 5.97 Å². The van der Waals surface area contributed by atoms with Crippen LogP contribution in [0.15, 0.2) is 48.5 Å². The van der Waals surface area contributed by atoms with Crippen molar-refractivity contribution in [3.05, 3.63) is 59.7 Å². The highest BCUT2D eigenvalue weighted by Crippen LogP contribution is 2.53. The number of hydrogen-bond donors (Lipinski definition) is 3. The number of ether oxygens (including phenoxy) is 1. The highest BCUT2D eigenvalue weighted by atomic mass is 16.5. The summed E-state index contributed by atoms with van der Waals surface area (Å²) in [5.74, 6) is -4.21. The second-order valence-electron chi connectivity index (χ2n) is 9.15. The van der Waals surface area contributed by atoms with Crippen molar-refractivity contribution in [1.29, 1.82) is 0 Å². The molecule has 2 saturated heterocycles. The van der Waals surface area contributed by atoms with Crippen LogP contribution in [0.5, 0.6) is 11.5 Å². The van der Waals surface area contributed by atoms with E-state index >= 15 is 0 Å². The van der Waals surface area contributed by atoms with Crippen molar-refractivity contribution in [2.45, 2.75) is 38.4 Å². The molecule has 0 radical (unpaired) electrons. The summed E-state index contributed by atoms with van der Waals surface area (Å²) in [5.41, 5.74) is -0.534. The standard InChI is InChI=1S/C25H28N2O6/c1-14(2)12-25(24(31)32)19-18(20(26-25)16-10-7-11-17(33-3)21(16)28)22(29)27(23(19)30)13-15-8-5-4-6-9-15/h4-11,14,18-20,26,28H,12-13H2,1-3H3,(H,31,32)/t18-,19+,20+,25+/m1/s1. The fourth-order valence-electron chi connectivity index (χ4n) is 5.32. The van der Waals surface area contributed by atoms with Gasteiger partial charge in [-0.05, 0) is 24.0 Å².